The first-order valence-corrected chi connectivity index (χ1v) is 14.4. The standard InChI is InChI=1S/C29H44N4O5/c1-2-3-13-32(16-6-12-30)27(35)20-33-19-23(21-9-10-25-22(18-21)11-17-38-25)28(29(36)37)24(33)7-4-14-31-15-5-8-26(31)34/h9-10,18,23-24,28H,2-8,11-17,19-20,30H2,1H3,(H,36,37)/t23-,24+,28-/m1/s1. The zero-order chi connectivity index (χ0) is 27.1. The Hall–Kier alpha value is -2.65. The normalized spacial score (nSPS) is 23.1. The number of likely N-dealkylation sites (tertiary alicyclic amines) is 2. The number of unbranched alkanes of at least 4 members (excludes halogenated alkanes) is 1. The number of aliphatic carboxylic acids is 1. The van der Waals surface area contributed by atoms with Crippen LogP contribution >= 0.6 is 0 Å². The van der Waals surface area contributed by atoms with Crippen molar-refractivity contribution in [2.45, 2.75) is 70.3 Å². The van der Waals surface area contributed by atoms with Gasteiger partial charge in [0.1, 0.15) is 5.75 Å². The van der Waals surface area contributed by atoms with Crippen molar-refractivity contribution in [1.29, 1.82) is 0 Å². The van der Waals surface area contributed by atoms with Gasteiger partial charge in [-0.2, -0.15) is 0 Å². The number of carbonyl (C=O) groups excluding carboxylic acids is 2. The van der Waals surface area contributed by atoms with Crippen molar-refractivity contribution in [3.05, 3.63) is 29.3 Å². The Morgan fingerprint density at radius 2 is 2.00 bits per heavy atom. The number of rotatable bonds is 14. The van der Waals surface area contributed by atoms with Crippen molar-refractivity contribution in [2.24, 2.45) is 11.7 Å². The average molecular weight is 529 g/mol. The number of carbonyl (C=O) groups is 3. The molecule has 0 radical (unpaired) electrons. The maximum atomic E-state index is 13.5. The highest BCUT2D eigenvalue weighted by Crippen LogP contribution is 2.41. The molecule has 1 aromatic rings. The van der Waals surface area contributed by atoms with Gasteiger partial charge >= 0.3 is 5.97 Å². The van der Waals surface area contributed by atoms with Gasteiger partial charge in [0.25, 0.3) is 0 Å². The predicted molar refractivity (Wildman–Crippen MR) is 145 cm³/mol. The van der Waals surface area contributed by atoms with Gasteiger partial charge in [0, 0.05) is 57.5 Å². The van der Waals surface area contributed by atoms with Crippen LogP contribution in [0, 0.1) is 5.92 Å². The smallest absolute Gasteiger partial charge is 0.308 e. The number of benzene rings is 1. The highest BCUT2D eigenvalue weighted by molar-refractivity contribution is 5.79. The molecule has 0 spiro atoms. The summed E-state index contributed by atoms with van der Waals surface area (Å²) in [7, 11) is 0. The number of nitrogens with zero attached hydrogens (tertiary/aromatic N) is 3. The van der Waals surface area contributed by atoms with Crippen LogP contribution in [-0.4, -0.2) is 96.1 Å². The Bertz CT molecular complexity index is 978. The lowest BCUT2D eigenvalue weighted by Gasteiger charge is -2.30. The topological polar surface area (TPSA) is 116 Å². The summed E-state index contributed by atoms with van der Waals surface area (Å²) in [5.41, 5.74) is 7.85. The van der Waals surface area contributed by atoms with E-state index in [1.54, 1.807) is 0 Å². The molecule has 210 valence electrons. The van der Waals surface area contributed by atoms with E-state index in [1.165, 1.54) is 0 Å². The van der Waals surface area contributed by atoms with Gasteiger partial charge in [-0.3, -0.25) is 19.3 Å². The minimum atomic E-state index is -0.824. The first-order valence-electron chi connectivity index (χ1n) is 14.4. The molecule has 9 heteroatoms. The summed E-state index contributed by atoms with van der Waals surface area (Å²) in [5, 5.41) is 10.4. The summed E-state index contributed by atoms with van der Waals surface area (Å²) in [6.45, 7) is 6.76. The molecule has 0 unspecified atom stereocenters. The van der Waals surface area contributed by atoms with Crippen LogP contribution in [0.1, 0.15) is 68.9 Å². The third-order valence-corrected chi connectivity index (χ3v) is 8.38. The van der Waals surface area contributed by atoms with E-state index in [1.807, 2.05) is 21.9 Å². The minimum absolute atomic E-state index is 0.0405. The largest absolute Gasteiger partial charge is 0.493 e. The van der Waals surface area contributed by atoms with Gasteiger partial charge in [-0.15, -0.1) is 0 Å². The van der Waals surface area contributed by atoms with Crippen LogP contribution in [0.4, 0.5) is 0 Å². The first-order chi connectivity index (χ1) is 18.4. The van der Waals surface area contributed by atoms with Crippen LogP contribution in [0.5, 0.6) is 5.75 Å². The fourth-order valence-electron chi connectivity index (χ4n) is 6.33. The molecule has 2 fully saturated rings. The SMILES string of the molecule is CCCCN(CCCN)C(=O)CN1C[C@H](c2ccc3c(c2)CCO3)[C@@H](C(=O)O)[C@@H]1CCCN1CCCC1=O. The van der Waals surface area contributed by atoms with Gasteiger partial charge in [0.15, 0.2) is 0 Å². The highest BCUT2D eigenvalue weighted by atomic mass is 16.5. The Labute approximate surface area is 226 Å². The third-order valence-electron chi connectivity index (χ3n) is 8.38. The van der Waals surface area contributed by atoms with Gasteiger partial charge in [-0.05, 0) is 55.8 Å². The molecule has 3 aliphatic heterocycles. The van der Waals surface area contributed by atoms with Crippen molar-refractivity contribution in [3.63, 3.8) is 0 Å². The molecule has 9 nitrogen and oxygen atoms in total. The van der Waals surface area contributed by atoms with Crippen molar-refractivity contribution in [2.75, 3.05) is 52.4 Å². The summed E-state index contributed by atoms with van der Waals surface area (Å²) in [6, 6.07) is 5.78. The van der Waals surface area contributed by atoms with Crippen LogP contribution in [0.3, 0.4) is 0 Å². The second-order valence-electron chi connectivity index (χ2n) is 10.9. The minimum Gasteiger partial charge on any atom is -0.493 e. The molecule has 38 heavy (non-hydrogen) atoms. The lowest BCUT2D eigenvalue weighted by Crippen LogP contribution is -2.45. The number of nitrogens with two attached hydrogens (primary N) is 1. The van der Waals surface area contributed by atoms with Gasteiger partial charge < -0.3 is 25.4 Å². The monoisotopic (exact) mass is 528 g/mol. The molecule has 3 aliphatic rings. The van der Waals surface area contributed by atoms with Gasteiger partial charge in [0.05, 0.1) is 19.1 Å². The summed E-state index contributed by atoms with van der Waals surface area (Å²) >= 11 is 0. The van der Waals surface area contributed by atoms with E-state index in [4.69, 9.17) is 10.5 Å². The van der Waals surface area contributed by atoms with E-state index >= 15 is 0 Å². The Balaban J connectivity index is 1.54. The fraction of sp³-hybridized carbons (Fsp3) is 0.690. The zero-order valence-electron chi connectivity index (χ0n) is 22.8. The maximum Gasteiger partial charge on any atom is 0.308 e. The third kappa shape index (κ3) is 6.67. The van der Waals surface area contributed by atoms with Gasteiger partial charge in [-0.25, -0.2) is 0 Å². The molecule has 0 bridgehead atoms. The summed E-state index contributed by atoms with van der Waals surface area (Å²) < 4.78 is 5.67. The number of fused-ring (bicyclic) bond motifs is 1. The number of ether oxygens (including phenoxy) is 1. The number of carboxylic acid groups (broad SMARTS) is 1. The molecule has 3 N–H and O–H groups in total. The molecule has 0 aliphatic carbocycles. The van der Waals surface area contributed by atoms with Crippen LogP contribution in [0.25, 0.3) is 0 Å². The molecular formula is C29H44N4O5. The summed E-state index contributed by atoms with van der Waals surface area (Å²) in [4.78, 5) is 44.2. The highest BCUT2D eigenvalue weighted by Gasteiger charge is 2.47. The molecule has 4 rings (SSSR count). The van der Waals surface area contributed by atoms with E-state index in [-0.39, 0.29) is 30.3 Å². The summed E-state index contributed by atoms with van der Waals surface area (Å²) in [5.74, 6) is -0.552. The summed E-state index contributed by atoms with van der Waals surface area (Å²) in [6.07, 6.45) is 6.36. The van der Waals surface area contributed by atoms with Crippen LogP contribution in [-0.2, 0) is 20.8 Å². The molecule has 2 saturated heterocycles. The second-order valence-corrected chi connectivity index (χ2v) is 10.9. The number of hydrogen-bond acceptors (Lipinski definition) is 6. The van der Waals surface area contributed by atoms with E-state index in [9.17, 15) is 19.5 Å². The maximum absolute atomic E-state index is 13.5. The van der Waals surface area contributed by atoms with Crippen LogP contribution < -0.4 is 10.5 Å². The fourth-order valence-corrected chi connectivity index (χ4v) is 6.33. The van der Waals surface area contributed by atoms with Crippen molar-refractivity contribution in [1.82, 2.24) is 14.7 Å². The van der Waals surface area contributed by atoms with Crippen molar-refractivity contribution >= 4 is 17.8 Å². The van der Waals surface area contributed by atoms with Gasteiger partial charge in [0.2, 0.25) is 11.8 Å². The molecule has 0 saturated carbocycles. The number of amides is 2. The second kappa shape index (κ2) is 13.4. The van der Waals surface area contributed by atoms with Crippen molar-refractivity contribution in [3.8, 4) is 5.75 Å². The number of hydrogen-bond donors (Lipinski definition) is 2. The quantitative estimate of drug-likeness (QED) is 0.381. The van der Waals surface area contributed by atoms with Gasteiger partial charge in [-0.1, -0.05) is 25.5 Å². The molecule has 0 aromatic heterocycles. The molecule has 3 atom stereocenters. The Morgan fingerprint density at radius 1 is 1.18 bits per heavy atom. The van der Waals surface area contributed by atoms with E-state index in [0.717, 1.165) is 61.9 Å². The lowest BCUT2D eigenvalue weighted by atomic mass is 9.83. The average Bonchev–Trinajstić information content (AvgIpc) is 3.62. The molecular weight excluding hydrogens is 484 g/mol. The Morgan fingerprint density at radius 3 is 2.71 bits per heavy atom. The molecule has 1 aromatic carbocycles. The first kappa shape index (κ1) is 28.4. The van der Waals surface area contributed by atoms with Crippen LogP contribution in [0.15, 0.2) is 18.2 Å². The molecule has 3 heterocycles. The van der Waals surface area contributed by atoms with Crippen LogP contribution in [0.2, 0.25) is 0 Å². The van der Waals surface area contributed by atoms with E-state index in [2.05, 4.69) is 17.9 Å². The van der Waals surface area contributed by atoms with Crippen molar-refractivity contribution < 1.29 is 24.2 Å². The predicted octanol–water partition coefficient (Wildman–Crippen LogP) is 2.47. The van der Waals surface area contributed by atoms with E-state index < -0.39 is 11.9 Å². The molecule has 2 amide bonds. The Kier molecular flexibility index (Phi) is 10.0. The number of carboxylic acids is 1. The van der Waals surface area contributed by atoms with E-state index in [0.29, 0.717) is 52.2 Å². The lowest BCUT2D eigenvalue weighted by molar-refractivity contribution is -0.144. The zero-order valence-corrected chi connectivity index (χ0v) is 22.8.